The summed E-state index contributed by atoms with van der Waals surface area (Å²) in [7, 11) is -3.94. The Balaban J connectivity index is 1.53. The van der Waals surface area contributed by atoms with Crippen LogP contribution < -0.4 is 15.7 Å². The summed E-state index contributed by atoms with van der Waals surface area (Å²) in [6.45, 7) is 3.36. The van der Waals surface area contributed by atoms with Crippen LogP contribution in [-0.4, -0.2) is 24.6 Å². The monoisotopic (exact) mass is 455 g/mol. The predicted octanol–water partition coefficient (Wildman–Crippen LogP) is 3.16. The number of hydrogen-bond donors (Lipinski definition) is 3. The first kappa shape index (κ1) is 21.1. The second-order valence-corrected chi connectivity index (χ2v) is 8.66. The lowest BCUT2D eigenvalue weighted by atomic mass is 10.1. The molecule has 0 unspecified atom stereocenters. The van der Waals surface area contributed by atoms with E-state index in [9.17, 15) is 23.1 Å². The molecule has 0 aliphatic heterocycles. The molecule has 2 aromatic carbocycles. The second-order valence-electron chi connectivity index (χ2n) is 6.98. The van der Waals surface area contributed by atoms with Gasteiger partial charge in [0.2, 0.25) is 5.88 Å². The number of nitrogens with zero attached hydrogens (tertiary/aromatic N) is 1. The molecule has 11 heteroatoms. The smallest absolute Gasteiger partial charge is 0.349 e. The van der Waals surface area contributed by atoms with E-state index in [1.54, 1.807) is 13.8 Å². The predicted molar refractivity (Wildman–Crippen MR) is 115 cm³/mol. The average Bonchev–Trinajstić information content (AvgIpc) is 3.05. The van der Waals surface area contributed by atoms with Gasteiger partial charge in [0.25, 0.3) is 15.9 Å². The number of benzene rings is 2. The normalized spacial score (nSPS) is 11.4. The molecule has 0 bridgehead atoms. The van der Waals surface area contributed by atoms with Crippen molar-refractivity contribution in [3.8, 4) is 5.75 Å². The summed E-state index contributed by atoms with van der Waals surface area (Å²) in [6, 6.07) is 10.9. The number of aryl methyl sites for hydroxylation is 1. The molecule has 3 N–H and O–H groups in total. The zero-order valence-electron chi connectivity index (χ0n) is 16.9. The molecule has 1 amide bonds. The number of aromatic hydroxyl groups is 1. The van der Waals surface area contributed by atoms with Gasteiger partial charge in [0.15, 0.2) is 0 Å². The molecule has 164 valence electrons. The van der Waals surface area contributed by atoms with Crippen molar-refractivity contribution in [2.75, 3.05) is 10.0 Å². The fourth-order valence-corrected chi connectivity index (χ4v) is 3.91. The molecule has 0 saturated carbocycles. The maximum Gasteiger partial charge on any atom is 0.349 e. The molecule has 0 radical (unpaired) electrons. The van der Waals surface area contributed by atoms with Crippen molar-refractivity contribution in [3.63, 3.8) is 0 Å². The summed E-state index contributed by atoms with van der Waals surface area (Å²) in [4.78, 5) is 24.6. The van der Waals surface area contributed by atoms with Crippen LogP contribution >= 0.6 is 0 Å². The van der Waals surface area contributed by atoms with E-state index in [0.29, 0.717) is 16.6 Å². The largest absolute Gasteiger partial charge is 0.508 e. The van der Waals surface area contributed by atoms with E-state index in [2.05, 4.69) is 15.2 Å². The van der Waals surface area contributed by atoms with Gasteiger partial charge in [-0.05, 0) is 56.3 Å². The molecule has 4 rings (SSSR count). The fourth-order valence-electron chi connectivity index (χ4n) is 2.87. The van der Waals surface area contributed by atoms with Gasteiger partial charge >= 0.3 is 5.63 Å². The number of carbonyl (C=O) groups excluding carboxylic acids is 1. The van der Waals surface area contributed by atoms with Gasteiger partial charge in [-0.15, -0.1) is 0 Å². The van der Waals surface area contributed by atoms with Crippen LogP contribution in [0, 0.1) is 13.8 Å². The molecule has 0 spiro atoms. The molecule has 32 heavy (non-hydrogen) atoms. The van der Waals surface area contributed by atoms with Gasteiger partial charge in [-0.3, -0.25) is 4.79 Å². The van der Waals surface area contributed by atoms with E-state index in [0.717, 1.165) is 0 Å². The molecule has 0 atom stereocenters. The molecule has 2 heterocycles. The van der Waals surface area contributed by atoms with E-state index in [1.807, 2.05) is 0 Å². The molecular formula is C21H17N3O7S. The van der Waals surface area contributed by atoms with E-state index in [4.69, 9.17) is 8.94 Å². The van der Waals surface area contributed by atoms with Crippen LogP contribution in [-0.2, 0) is 10.0 Å². The average molecular weight is 455 g/mol. The van der Waals surface area contributed by atoms with Crippen molar-refractivity contribution in [1.29, 1.82) is 0 Å². The standard InChI is InChI=1S/C21H17N3O7S/c1-11-12(2)23-31-20(11)24-32(28,29)16-7-4-14(5-8-16)22-19(26)17-9-13-3-6-15(25)10-18(13)30-21(17)27/h3-10,24-25H,1-2H3,(H,22,26). The highest BCUT2D eigenvalue weighted by atomic mass is 32.2. The van der Waals surface area contributed by atoms with Crippen molar-refractivity contribution < 1.29 is 27.3 Å². The minimum atomic E-state index is -3.94. The van der Waals surface area contributed by atoms with Crippen molar-refractivity contribution in [1.82, 2.24) is 5.16 Å². The van der Waals surface area contributed by atoms with Gasteiger partial charge in [-0.25, -0.2) is 17.9 Å². The molecule has 4 aromatic rings. The Bertz CT molecular complexity index is 1500. The lowest BCUT2D eigenvalue weighted by Crippen LogP contribution is -2.20. The first-order chi connectivity index (χ1) is 15.1. The second kappa shape index (κ2) is 7.85. The molecule has 0 aliphatic carbocycles. The minimum Gasteiger partial charge on any atom is -0.508 e. The van der Waals surface area contributed by atoms with Crippen LogP contribution in [0.2, 0.25) is 0 Å². The summed E-state index contributed by atoms with van der Waals surface area (Å²) in [5.74, 6) is -0.776. The molecular weight excluding hydrogens is 438 g/mol. The Hall–Kier alpha value is -4.12. The molecule has 0 fully saturated rings. The maximum absolute atomic E-state index is 12.6. The van der Waals surface area contributed by atoms with Crippen LogP contribution in [0.15, 0.2) is 67.2 Å². The van der Waals surface area contributed by atoms with Gasteiger partial charge in [-0.2, -0.15) is 0 Å². The van der Waals surface area contributed by atoms with Gasteiger partial charge in [0.05, 0.1) is 10.6 Å². The van der Waals surface area contributed by atoms with Crippen molar-refractivity contribution in [2.24, 2.45) is 0 Å². The number of hydrogen-bond acceptors (Lipinski definition) is 8. The van der Waals surface area contributed by atoms with Gasteiger partial charge < -0.3 is 19.4 Å². The Labute approximate surface area is 181 Å². The number of carbonyl (C=O) groups is 1. The topological polar surface area (TPSA) is 152 Å². The summed E-state index contributed by atoms with van der Waals surface area (Å²) < 4.78 is 37.5. The summed E-state index contributed by atoms with van der Waals surface area (Å²) in [5.41, 5.74) is 0.439. The maximum atomic E-state index is 12.6. The highest BCUT2D eigenvalue weighted by Gasteiger charge is 2.20. The van der Waals surface area contributed by atoms with Gasteiger partial charge in [0.1, 0.15) is 16.9 Å². The van der Waals surface area contributed by atoms with E-state index < -0.39 is 21.6 Å². The number of sulfonamides is 1. The van der Waals surface area contributed by atoms with Crippen molar-refractivity contribution >= 4 is 38.5 Å². The summed E-state index contributed by atoms with van der Waals surface area (Å²) in [6.07, 6.45) is 0. The number of aromatic nitrogens is 1. The Morgan fingerprint density at radius 3 is 2.44 bits per heavy atom. The van der Waals surface area contributed by atoms with Gasteiger partial charge in [-0.1, -0.05) is 5.16 Å². The quantitative estimate of drug-likeness (QED) is 0.388. The highest BCUT2D eigenvalue weighted by Crippen LogP contribution is 2.23. The molecule has 0 aliphatic rings. The van der Waals surface area contributed by atoms with Crippen LogP contribution in [0.4, 0.5) is 11.6 Å². The number of anilines is 2. The Morgan fingerprint density at radius 2 is 1.78 bits per heavy atom. The first-order valence-corrected chi connectivity index (χ1v) is 10.8. The summed E-state index contributed by atoms with van der Waals surface area (Å²) >= 11 is 0. The van der Waals surface area contributed by atoms with Crippen LogP contribution in [0.3, 0.4) is 0 Å². The SMILES string of the molecule is Cc1noc(NS(=O)(=O)c2ccc(NC(=O)c3cc4ccc(O)cc4oc3=O)cc2)c1C. The summed E-state index contributed by atoms with van der Waals surface area (Å²) in [5, 5.41) is 16.2. The van der Waals surface area contributed by atoms with Crippen LogP contribution in [0.5, 0.6) is 5.75 Å². The lowest BCUT2D eigenvalue weighted by Gasteiger charge is -2.08. The zero-order valence-corrected chi connectivity index (χ0v) is 17.7. The molecule has 2 aromatic heterocycles. The third-order valence-corrected chi connectivity index (χ3v) is 6.12. The number of phenolic OH excluding ortho intramolecular Hbond substituents is 1. The Morgan fingerprint density at radius 1 is 1.06 bits per heavy atom. The molecule has 0 saturated heterocycles. The van der Waals surface area contributed by atoms with Crippen LogP contribution in [0.1, 0.15) is 21.6 Å². The first-order valence-electron chi connectivity index (χ1n) is 9.28. The fraction of sp³-hybridized carbons (Fsp3) is 0.0952. The van der Waals surface area contributed by atoms with E-state index in [-0.39, 0.29) is 33.4 Å². The highest BCUT2D eigenvalue weighted by molar-refractivity contribution is 7.92. The third-order valence-electron chi connectivity index (χ3n) is 4.77. The number of fused-ring (bicyclic) bond motifs is 1. The van der Waals surface area contributed by atoms with E-state index in [1.165, 1.54) is 48.5 Å². The number of amides is 1. The lowest BCUT2D eigenvalue weighted by molar-refractivity contribution is 0.102. The van der Waals surface area contributed by atoms with Crippen LogP contribution in [0.25, 0.3) is 11.0 Å². The zero-order chi connectivity index (χ0) is 23.0. The van der Waals surface area contributed by atoms with Gasteiger partial charge in [0, 0.05) is 22.7 Å². The van der Waals surface area contributed by atoms with Crippen molar-refractivity contribution in [2.45, 2.75) is 18.7 Å². The molecule has 10 nitrogen and oxygen atoms in total. The Kier molecular flexibility index (Phi) is 5.18. The van der Waals surface area contributed by atoms with E-state index >= 15 is 0 Å². The minimum absolute atomic E-state index is 0.0243. The number of phenols is 1. The third kappa shape index (κ3) is 4.05. The number of rotatable bonds is 5. The van der Waals surface area contributed by atoms with Crippen molar-refractivity contribution in [3.05, 3.63) is 75.8 Å². The number of nitrogens with one attached hydrogen (secondary N) is 2.